The molecule has 0 fully saturated rings. The fourth-order valence-corrected chi connectivity index (χ4v) is 1.68. The molecule has 2 rings (SSSR count). The van der Waals surface area contributed by atoms with Gasteiger partial charge in [0.2, 0.25) is 0 Å². The number of amides is 1. The Bertz CT molecular complexity index is 667. The molecule has 0 radical (unpaired) electrons. The van der Waals surface area contributed by atoms with Gasteiger partial charge in [-0.05, 0) is 18.6 Å². The molecule has 7 nitrogen and oxygen atoms in total. The molecule has 0 spiro atoms. The molecule has 7 heteroatoms. The molecule has 4 N–H and O–H groups in total. The van der Waals surface area contributed by atoms with Crippen LogP contribution in [-0.4, -0.2) is 26.9 Å². The molecule has 0 aliphatic rings. The summed E-state index contributed by atoms with van der Waals surface area (Å²) >= 11 is 0. The quantitative estimate of drug-likeness (QED) is 0.333. The van der Waals surface area contributed by atoms with Gasteiger partial charge in [0.15, 0.2) is 5.84 Å². The Morgan fingerprint density at radius 2 is 2.19 bits per heavy atom. The summed E-state index contributed by atoms with van der Waals surface area (Å²) in [7, 11) is 0. The van der Waals surface area contributed by atoms with E-state index >= 15 is 0 Å². The fraction of sp³-hybridized carbons (Fsp3) is 0.143. The molecule has 1 aromatic heterocycles. The maximum atomic E-state index is 11.9. The highest BCUT2D eigenvalue weighted by Crippen LogP contribution is 2.05. The lowest BCUT2D eigenvalue weighted by Crippen LogP contribution is -2.24. The van der Waals surface area contributed by atoms with Crippen molar-refractivity contribution in [2.45, 2.75) is 13.5 Å². The first-order valence-electron chi connectivity index (χ1n) is 6.24. The molecule has 108 valence electrons. The molecule has 0 atom stereocenters. The minimum absolute atomic E-state index is 0.0209. The lowest BCUT2D eigenvalue weighted by Gasteiger charge is -2.06. The molecule has 0 aliphatic carbocycles. The van der Waals surface area contributed by atoms with E-state index in [1.807, 2.05) is 6.07 Å². The summed E-state index contributed by atoms with van der Waals surface area (Å²) in [5.41, 5.74) is 7.93. The highest BCUT2D eigenvalue weighted by molar-refractivity contribution is 5.97. The van der Waals surface area contributed by atoms with Gasteiger partial charge in [-0.1, -0.05) is 23.4 Å². The van der Waals surface area contributed by atoms with Crippen molar-refractivity contribution in [1.82, 2.24) is 15.3 Å². The van der Waals surface area contributed by atoms with E-state index in [4.69, 9.17) is 10.9 Å². The van der Waals surface area contributed by atoms with Gasteiger partial charge < -0.3 is 16.3 Å². The van der Waals surface area contributed by atoms with Gasteiger partial charge in [-0.3, -0.25) is 9.78 Å². The zero-order valence-corrected chi connectivity index (χ0v) is 11.4. The Morgan fingerprint density at radius 3 is 2.86 bits per heavy atom. The van der Waals surface area contributed by atoms with Crippen LogP contribution >= 0.6 is 0 Å². The largest absolute Gasteiger partial charge is 0.409 e. The molecule has 0 saturated carbocycles. The zero-order chi connectivity index (χ0) is 15.2. The van der Waals surface area contributed by atoms with Crippen molar-refractivity contribution in [3.63, 3.8) is 0 Å². The number of amidine groups is 1. The Kier molecular flexibility index (Phi) is 4.45. The average Bonchev–Trinajstić information content (AvgIpc) is 2.52. The van der Waals surface area contributed by atoms with Crippen LogP contribution in [0.3, 0.4) is 0 Å². The van der Waals surface area contributed by atoms with Crippen LogP contribution in [0.5, 0.6) is 0 Å². The number of aryl methyl sites for hydroxylation is 1. The highest BCUT2D eigenvalue weighted by atomic mass is 16.4. The van der Waals surface area contributed by atoms with Crippen molar-refractivity contribution in [3.05, 3.63) is 59.2 Å². The Morgan fingerprint density at radius 1 is 1.38 bits per heavy atom. The van der Waals surface area contributed by atoms with Crippen LogP contribution in [0.25, 0.3) is 0 Å². The van der Waals surface area contributed by atoms with Crippen LogP contribution in [0.1, 0.15) is 27.3 Å². The predicted octanol–water partition coefficient (Wildman–Crippen LogP) is 0.810. The van der Waals surface area contributed by atoms with Gasteiger partial charge in [0, 0.05) is 18.3 Å². The second-order valence-electron chi connectivity index (χ2n) is 4.41. The number of hydrogen-bond donors (Lipinski definition) is 3. The van der Waals surface area contributed by atoms with Crippen molar-refractivity contribution in [1.29, 1.82) is 0 Å². The number of aromatic nitrogens is 2. The monoisotopic (exact) mass is 285 g/mol. The van der Waals surface area contributed by atoms with Crippen LogP contribution in [0, 0.1) is 6.92 Å². The first-order chi connectivity index (χ1) is 10.1. The van der Waals surface area contributed by atoms with Crippen LogP contribution in [-0.2, 0) is 6.54 Å². The zero-order valence-electron chi connectivity index (χ0n) is 11.4. The molecule has 21 heavy (non-hydrogen) atoms. The number of oxime groups is 1. The van der Waals surface area contributed by atoms with E-state index in [-0.39, 0.29) is 17.4 Å². The summed E-state index contributed by atoms with van der Waals surface area (Å²) in [5.74, 6) is -0.288. The molecule has 0 unspecified atom stereocenters. The fourth-order valence-electron chi connectivity index (χ4n) is 1.68. The molecule has 1 heterocycles. The molecule has 0 saturated heterocycles. The smallest absolute Gasteiger partial charge is 0.271 e. The number of hydrogen-bond acceptors (Lipinski definition) is 5. The minimum atomic E-state index is -0.309. The summed E-state index contributed by atoms with van der Waals surface area (Å²) in [6.07, 6.45) is 2.96. The van der Waals surface area contributed by atoms with Crippen molar-refractivity contribution in [3.8, 4) is 0 Å². The van der Waals surface area contributed by atoms with Crippen molar-refractivity contribution >= 4 is 11.7 Å². The number of carbonyl (C=O) groups excluding carboxylic acids is 1. The molecule has 0 bridgehead atoms. The predicted molar refractivity (Wildman–Crippen MR) is 76.9 cm³/mol. The molecule has 2 aromatic rings. The topological polar surface area (TPSA) is 113 Å². The average molecular weight is 285 g/mol. The third-order valence-electron chi connectivity index (χ3n) is 2.80. The molecular weight excluding hydrogens is 270 g/mol. The normalized spacial score (nSPS) is 11.2. The van der Waals surface area contributed by atoms with E-state index in [9.17, 15) is 4.79 Å². The van der Waals surface area contributed by atoms with Crippen LogP contribution in [0.4, 0.5) is 0 Å². The van der Waals surface area contributed by atoms with Crippen molar-refractivity contribution < 1.29 is 10.0 Å². The molecule has 0 aliphatic heterocycles. The minimum Gasteiger partial charge on any atom is -0.409 e. The van der Waals surface area contributed by atoms with Crippen LogP contribution in [0.15, 0.2) is 41.8 Å². The number of nitrogens with one attached hydrogen (secondary N) is 1. The third-order valence-corrected chi connectivity index (χ3v) is 2.80. The number of nitrogens with zero attached hydrogens (tertiary/aromatic N) is 3. The highest BCUT2D eigenvalue weighted by Gasteiger charge is 2.07. The van der Waals surface area contributed by atoms with Crippen molar-refractivity contribution in [2.24, 2.45) is 10.9 Å². The van der Waals surface area contributed by atoms with Gasteiger partial charge in [0.05, 0.1) is 11.9 Å². The maximum absolute atomic E-state index is 11.9. The summed E-state index contributed by atoms with van der Waals surface area (Å²) in [4.78, 5) is 19.9. The van der Waals surface area contributed by atoms with E-state index in [1.54, 1.807) is 25.1 Å². The summed E-state index contributed by atoms with van der Waals surface area (Å²) in [6, 6.07) is 7.04. The Hall–Kier alpha value is -2.96. The van der Waals surface area contributed by atoms with Gasteiger partial charge in [0.25, 0.3) is 5.91 Å². The van der Waals surface area contributed by atoms with E-state index in [0.717, 1.165) is 11.3 Å². The summed E-state index contributed by atoms with van der Waals surface area (Å²) in [6.45, 7) is 2.11. The lowest BCUT2D eigenvalue weighted by atomic mass is 10.1. The SMILES string of the molecule is Cc1cnc(C(=O)NCc2cccc(C(N)=NO)c2)cn1. The Balaban J connectivity index is 2.03. The summed E-state index contributed by atoms with van der Waals surface area (Å²) < 4.78 is 0. The second-order valence-corrected chi connectivity index (χ2v) is 4.41. The van der Waals surface area contributed by atoms with Crippen LogP contribution < -0.4 is 11.1 Å². The van der Waals surface area contributed by atoms with Crippen molar-refractivity contribution in [2.75, 3.05) is 0 Å². The van der Waals surface area contributed by atoms with E-state index in [0.29, 0.717) is 12.1 Å². The second kappa shape index (κ2) is 6.47. The van der Waals surface area contributed by atoms with E-state index in [1.165, 1.54) is 12.4 Å². The first kappa shape index (κ1) is 14.4. The third kappa shape index (κ3) is 3.75. The molecular formula is C14H15N5O2. The molecule has 1 amide bonds. The number of carbonyl (C=O) groups is 1. The maximum Gasteiger partial charge on any atom is 0.271 e. The molecule has 1 aromatic carbocycles. The van der Waals surface area contributed by atoms with E-state index in [2.05, 4.69) is 20.4 Å². The first-order valence-corrected chi connectivity index (χ1v) is 6.24. The van der Waals surface area contributed by atoms with Gasteiger partial charge >= 0.3 is 0 Å². The van der Waals surface area contributed by atoms with Gasteiger partial charge in [0.1, 0.15) is 5.69 Å². The van der Waals surface area contributed by atoms with Gasteiger partial charge in [-0.15, -0.1) is 0 Å². The van der Waals surface area contributed by atoms with E-state index < -0.39 is 0 Å². The lowest BCUT2D eigenvalue weighted by molar-refractivity contribution is 0.0945. The number of rotatable bonds is 4. The van der Waals surface area contributed by atoms with Crippen LogP contribution in [0.2, 0.25) is 0 Å². The summed E-state index contributed by atoms with van der Waals surface area (Å²) in [5, 5.41) is 14.3. The number of benzene rings is 1. The van der Waals surface area contributed by atoms with Gasteiger partial charge in [-0.25, -0.2) is 4.98 Å². The Labute approximate surface area is 121 Å². The standard InChI is InChI=1S/C14H15N5O2/c1-9-6-17-12(8-16-9)14(20)18-7-10-3-2-4-11(5-10)13(15)19-21/h2-6,8,21H,7H2,1H3,(H2,15,19)(H,18,20). The van der Waals surface area contributed by atoms with Gasteiger partial charge in [-0.2, -0.15) is 0 Å². The number of nitrogens with two attached hydrogens (primary N) is 1.